The zero-order valence-corrected chi connectivity index (χ0v) is 18.1. The number of hydrogen-bond acceptors (Lipinski definition) is 4. The monoisotopic (exact) mass is 405 g/mol. The van der Waals surface area contributed by atoms with Crippen molar-refractivity contribution < 1.29 is 14.3 Å². The van der Waals surface area contributed by atoms with E-state index in [9.17, 15) is 9.59 Å². The van der Waals surface area contributed by atoms with Crippen molar-refractivity contribution in [3.05, 3.63) is 35.9 Å². The molecule has 1 aromatic rings. The first-order chi connectivity index (χ1) is 13.2. The molecule has 154 valence electrons. The van der Waals surface area contributed by atoms with Gasteiger partial charge in [-0.1, -0.05) is 30.3 Å². The number of amides is 2. The second kappa shape index (κ2) is 9.87. The van der Waals surface area contributed by atoms with Crippen molar-refractivity contribution in [3.63, 3.8) is 0 Å². The molecule has 1 N–H and O–H groups in total. The van der Waals surface area contributed by atoms with Gasteiger partial charge in [-0.25, -0.2) is 4.79 Å². The Kier molecular flexibility index (Phi) is 7.80. The Hall–Kier alpha value is -2.15. The van der Waals surface area contributed by atoms with Crippen LogP contribution in [0.1, 0.15) is 46.1 Å². The summed E-state index contributed by atoms with van der Waals surface area (Å²) in [7, 11) is 0. The van der Waals surface area contributed by atoms with Crippen molar-refractivity contribution in [2.24, 2.45) is 0 Å². The summed E-state index contributed by atoms with van der Waals surface area (Å²) in [5.41, 5.74) is 0.729. The summed E-state index contributed by atoms with van der Waals surface area (Å²) in [4.78, 5) is 27.6. The Morgan fingerprint density at radius 1 is 1.21 bits per heavy atom. The fourth-order valence-corrected chi connectivity index (χ4v) is 3.64. The van der Waals surface area contributed by atoms with E-state index in [4.69, 9.17) is 17.0 Å². The van der Waals surface area contributed by atoms with E-state index in [0.717, 1.165) is 25.8 Å². The Morgan fingerprint density at radius 3 is 2.36 bits per heavy atom. The molecule has 1 aliphatic rings. The highest BCUT2D eigenvalue weighted by molar-refractivity contribution is 7.80. The molecule has 0 bridgehead atoms. The van der Waals surface area contributed by atoms with Crippen LogP contribution < -0.4 is 5.32 Å². The third kappa shape index (κ3) is 7.11. The molecule has 0 radical (unpaired) electrons. The lowest BCUT2D eigenvalue weighted by atomic mass is 10.0. The van der Waals surface area contributed by atoms with Gasteiger partial charge in [0.1, 0.15) is 5.60 Å². The molecule has 1 aliphatic heterocycles. The second-order valence-corrected chi connectivity index (χ2v) is 8.50. The van der Waals surface area contributed by atoms with Crippen molar-refractivity contribution >= 4 is 29.3 Å². The van der Waals surface area contributed by atoms with E-state index in [1.807, 2.05) is 39.0 Å². The number of rotatable bonds is 4. The Balaban J connectivity index is 1.98. The van der Waals surface area contributed by atoms with E-state index in [1.54, 1.807) is 4.90 Å². The first-order valence-electron chi connectivity index (χ1n) is 9.76. The van der Waals surface area contributed by atoms with E-state index in [0.29, 0.717) is 18.2 Å². The largest absolute Gasteiger partial charge is 0.444 e. The second-order valence-electron chi connectivity index (χ2n) is 8.11. The lowest BCUT2D eigenvalue weighted by molar-refractivity contribution is -0.117. The van der Waals surface area contributed by atoms with Gasteiger partial charge < -0.3 is 19.9 Å². The normalized spacial score (nSPS) is 15.1. The number of nitrogens with zero attached hydrogens (tertiary/aromatic N) is 2. The summed E-state index contributed by atoms with van der Waals surface area (Å²) in [6.45, 7) is 9.03. The van der Waals surface area contributed by atoms with E-state index in [1.165, 1.54) is 12.5 Å². The minimum atomic E-state index is -0.497. The summed E-state index contributed by atoms with van der Waals surface area (Å²) in [6, 6.07) is 10.4. The highest BCUT2D eigenvalue weighted by Gasteiger charge is 2.30. The number of likely N-dealkylation sites (tertiary alicyclic amines) is 1. The van der Waals surface area contributed by atoms with Crippen molar-refractivity contribution in [3.8, 4) is 0 Å². The molecule has 1 saturated heterocycles. The van der Waals surface area contributed by atoms with Gasteiger partial charge in [-0.15, -0.1) is 0 Å². The number of benzene rings is 1. The van der Waals surface area contributed by atoms with Crippen molar-refractivity contribution in [2.75, 3.05) is 19.6 Å². The van der Waals surface area contributed by atoms with Crippen LogP contribution in [0.4, 0.5) is 4.79 Å². The van der Waals surface area contributed by atoms with Crippen LogP contribution >= 0.6 is 12.2 Å². The lowest BCUT2D eigenvalue weighted by Gasteiger charge is -2.40. The number of ether oxygens (including phenoxy) is 1. The lowest BCUT2D eigenvalue weighted by Crippen LogP contribution is -2.53. The Morgan fingerprint density at radius 2 is 1.82 bits per heavy atom. The molecule has 1 fully saturated rings. The number of hydrogen-bond donors (Lipinski definition) is 1. The summed E-state index contributed by atoms with van der Waals surface area (Å²) in [5, 5.41) is 3.21. The first kappa shape index (κ1) is 22.1. The van der Waals surface area contributed by atoms with E-state index < -0.39 is 5.60 Å². The molecule has 1 aromatic carbocycles. The van der Waals surface area contributed by atoms with Crippen LogP contribution in [0.2, 0.25) is 0 Å². The molecule has 2 amide bonds. The maximum absolute atomic E-state index is 12.3. The molecule has 6 nitrogen and oxygen atoms in total. The van der Waals surface area contributed by atoms with Crippen LogP contribution in [0.3, 0.4) is 0 Å². The third-order valence-electron chi connectivity index (χ3n) is 4.58. The zero-order chi connectivity index (χ0) is 20.7. The van der Waals surface area contributed by atoms with Gasteiger partial charge in [0.2, 0.25) is 5.91 Å². The van der Waals surface area contributed by atoms with Crippen molar-refractivity contribution in [1.29, 1.82) is 0 Å². The third-order valence-corrected chi connectivity index (χ3v) is 4.92. The highest BCUT2D eigenvalue weighted by Crippen LogP contribution is 2.20. The van der Waals surface area contributed by atoms with Gasteiger partial charge in [0.15, 0.2) is 5.11 Å². The van der Waals surface area contributed by atoms with Crippen LogP contribution in [-0.4, -0.2) is 58.2 Å². The smallest absolute Gasteiger partial charge is 0.410 e. The average Bonchev–Trinajstić information content (AvgIpc) is 2.61. The van der Waals surface area contributed by atoms with Gasteiger partial charge in [-0.2, -0.15) is 0 Å². The van der Waals surface area contributed by atoms with E-state index in [-0.39, 0.29) is 18.0 Å². The van der Waals surface area contributed by atoms with Crippen molar-refractivity contribution in [1.82, 2.24) is 15.1 Å². The molecule has 0 aliphatic carbocycles. The molecule has 1 heterocycles. The van der Waals surface area contributed by atoms with Crippen LogP contribution in [0.25, 0.3) is 0 Å². The van der Waals surface area contributed by atoms with Crippen molar-refractivity contribution in [2.45, 2.75) is 58.6 Å². The molecular weight excluding hydrogens is 374 g/mol. The molecule has 28 heavy (non-hydrogen) atoms. The number of carbonyl (C=O) groups excluding carboxylic acids is 2. The summed E-state index contributed by atoms with van der Waals surface area (Å²) in [5.74, 6) is -0.166. The minimum Gasteiger partial charge on any atom is -0.444 e. The number of nitrogens with one attached hydrogen (secondary N) is 1. The zero-order valence-electron chi connectivity index (χ0n) is 17.2. The number of carbonyl (C=O) groups is 2. The average molecular weight is 406 g/mol. The predicted molar refractivity (Wildman–Crippen MR) is 114 cm³/mol. The van der Waals surface area contributed by atoms with Crippen LogP contribution in [0, 0.1) is 0 Å². The van der Waals surface area contributed by atoms with E-state index in [2.05, 4.69) is 22.3 Å². The van der Waals surface area contributed by atoms with Crippen LogP contribution in [0.15, 0.2) is 30.3 Å². The summed E-state index contributed by atoms with van der Waals surface area (Å²) in [6.07, 6.45) is 2.14. The standard InChI is InChI=1S/C21H31N3O3S/c1-16(25)22-19(28)24(15-10-17-8-6-5-7-9-17)18-11-13-23(14-12-18)20(26)27-21(2,3)4/h5-9,18H,10-15H2,1-4H3,(H,22,25,28). The molecule has 7 heteroatoms. The summed E-state index contributed by atoms with van der Waals surface area (Å²) < 4.78 is 5.47. The maximum Gasteiger partial charge on any atom is 0.410 e. The van der Waals surface area contributed by atoms with Gasteiger partial charge in [-0.05, 0) is 57.8 Å². The summed E-state index contributed by atoms with van der Waals surface area (Å²) >= 11 is 5.49. The molecule has 0 spiro atoms. The molecule has 0 unspecified atom stereocenters. The Bertz CT molecular complexity index is 680. The predicted octanol–water partition coefficient (Wildman–Crippen LogP) is 3.35. The van der Waals surface area contributed by atoms with Gasteiger partial charge >= 0.3 is 6.09 Å². The minimum absolute atomic E-state index is 0.166. The first-order valence-corrected chi connectivity index (χ1v) is 10.2. The van der Waals surface area contributed by atoms with Gasteiger partial charge in [0.05, 0.1) is 0 Å². The molecular formula is C21H31N3O3S. The molecule has 0 atom stereocenters. The SMILES string of the molecule is CC(=O)NC(=S)N(CCc1ccccc1)C1CCN(C(=O)OC(C)(C)C)CC1. The van der Waals surface area contributed by atoms with E-state index >= 15 is 0 Å². The maximum atomic E-state index is 12.3. The van der Waals surface area contributed by atoms with Crippen LogP contribution in [0.5, 0.6) is 0 Å². The fourth-order valence-electron chi connectivity index (χ4n) is 3.25. The fraction of sp³-hybridized carbons (Fsp3) is 0.571. The topological polar surface area (TPSA) is 61.9 Å². The quantitative estimate of drug-likeness (QED) is 0.779. The van der Waals surface area contributed by atoms with Gasteiger partial charge in [0.25, 0.3) is 0 Å². The number of thiocarbonyl (C=S) groups is 1. The van der Waals surface area contributed by atoms with Gasteiger partial charge in [0, 0.05) is 32.6 Å². The molecule has 0 saturated carbocycles. The Labute approximate surface area is 173 Å². The molecule has 0 aromatic heterocycles. The molecule has 2 rings (SSSR count). The van der Waals surface area contributed by atoms with Crippen LogP contribution in [-0.2, 0) is 16.0 Å². The highest BCUT2D eigenvalue weighted by atomic mass is 32.1. The number of piperidine rings is 1. The van der Waals surface area contributed by atoms with Gasteiger partial charge in [-0.3, -0.25) is 4.79 Å².